The van der Waals surface area contributed by atoms with Gasteiger partial charge in [-0.05, 0) is 37.3 Å². The van der Waals surface area contributed by atoms with Gasteiger partial charge in [0.1, 0.15) is 0 Å². The Morgan fingerprint density at radius 2 is 1.80 bits per heavy atom. The summed E-state index contributed by atoms with van der Waals surface area (Å²) in [6.45, 7) is 1.42. The fraction of sp³-hybridized carbons (Fsp3) is 0.0800. The normalized spacial score (nSPS) is 11.6. The number of hydrogen-bond acceptors (Lipinski definition) is 6. The number of esters is 1. The molecule has 1 N–H and O–H groups in total. The molecule has 3 aromatic carbocycles. The van der Waals surface area contributed by atoms with Crippen molar-refractivity contribution in [3.05, 3.63) is 98.0 Å². The predicted octanol–water partition coefficient (Wildman–Crippen LogP) is 6.41. The summed E-state index contributed by atoms with van der Waals surface area (Å²) in [7, 11) is 0. The van der Waals surface area contributed by atoms with Crippen molar-refractivity contribution in [2.75, 3.05) is 5.32 Å². The van der Waals surface area contributed by atoms with Gasteiger partial charge in [-0.3, -0.25) is 14.9 Å². The van der Waals surface area contributed by atoms with E-state index in [4.69, 9.17) is 16.3 Å². The van der Waals surface area contributed by atoms with Gasteiger partial charge in [-0.25, -0.2) is 9.78 Å². The summed E-state index contributed by atoms with van der Waals surface area (Å²) in [4.78, 5) is 40.7. The summed E-state index contributed by atoms with van der Waals surface area (Å²) in [5, 5.41) is 14.0. The minimum absolute atomic E-state index is 0.00894. The van der Waals surface area contributed by atoms with E-state index >= 15 is 0 Å². The van der Waals surface area contributed by atoms with Crippen LogP contribution < -0.4 is 5.32 Å². The number of nitrogens with one attached hydrogen (secondary N) is 1. The van der Waals surface area contributed by atoms with Gasteiger partial charge >= 0.3 is 5.97 Å². The number of nitrogens with zero attached hydrogens (tertiary/aromatic N) is 2. The third-order valence-corrected chi connectivity index (χ3v) is 5.99. The van der Waals surface area contributed by atoms with Crippen LogP contribution in [0.2, 0.25) is 5.02 Å². The number of anilines is 1. The zero-order valence-corrected chi connectivity index (χ0v) is 20.5. The van der Waals surface area contributed by atoms with E-state index in [1.54, 1.807) is 24.3 Å². The SMILES string of the molecule is CC(OC(=O)c1cc(-c2ccc(Br)cc2)nc2ccccc12)C(=O)Nc1ccc([N+](=O)[O-])cc1Cl. The van der Waals surface area contributed by atoms with Crippen LogP contribution in [0.5, 0.6) is 0 Å². The van der Waals surface area contributed by atoms with E-state index in [0.29, 0.717) is 16.6 Å². The first-order chi connectivity index (χ1) is 16.7. The fourth-order valence-electron chi connectivity index (χ4n) is 3.34. The number of rotatable bonds is 6. The lowest BCUT2D eigenvalue weighted by Gasteiger charge is -2.15. The van der Waals surface area contributed by atoms with Crippen molar-refractivity contribution in [3.63, 3.8) is 0 Å². The van der Waals surface area contributed by atoms with Crippen molar-refractivity contribution in [2.24, 2.45) is 0 Å². The summed E-state index contributed by atoms with van der Waals surface area (Å²) >= 11 is 9.44. The molecule has 0 saturated heterocycles. The highest BCUT2D eigenvalue weighted by Gasteiger charge is 2.23. The number of nitro groups is 1. The molecule has 0 spiro atoms. The molecule has 8 nitrogen and oxygen atoms in total. The van der Waals surface area contributed by atoms with Crippen molar-refractivity contribution in [1.82, 2.24) is 4.98 Å². The largest absolute Gasteiger partial charge is 0.449 e. The molecular formula is C25H17BrClN3O5. The van der Waals surface area contributed by atoms with Gasteiger partial charge in [0.25, 0.3) is 11.6 Å². The van der Waals surface area contributed by atoms with Crippen LogP contribution in [0.4, 0.5) is 11.4 Å². The van der Waals surface area contributed by atoms with Crippen LogP contribution in [-0.4, -0.2) is 27.9 Å². The third-order valence-electron chi connectivity index (χ3n) is 5.15. The monoisotopic (exact) mass is 553 g/mol. The van der Waals surface area contributed by atoms with E-state index in [2.05, 4.69) is 26.2 Å². The van der Waals surface area contributed by atoms with Crippen molar-refractivity contribution >= 4 is 61.7 Å². The average Bonchev–Trinajstić information content (AvgIpc) is 2.84. The zero-order valence-electron chi connectivity index (χ0n) is 18.2. The van der Waals surface area contributed by atoms with Crippen LogP contribution in [-0.2, 0) is 9.53 Å². The Morgan fingerprint density at radius 3 is 2.49 bits per heavy atom. The number of ether oxygens (including phenoxy) is 1. The Balaban J connectivity index is 1.57. The molecule has 1 unspecified atom stereocenters. The standard InChI is InChI=1S/C25H17BrClN3O5/c1-14(24(31)29-22-11-10-17(30(33)34)12-20(22)27)35-25(32)19-13-23(15-6-8-16(26)9-7-15)28-21-5-3-2-4-18(19)21/h2-14H,1H3,(H,29,31). The van der Waals surface area contributed by atoms with Gasteiger partial charge in [0.15, 0.2) is 6.10 Å². The minimum Gasteiger partial charge on any atom is -0.449 e. The number of carbonyl (C=O) groups excluding carboxylic acids is 2. The van der Waals surface area contributed by atoms with Gasteiger partial charge < -0.3 is 10.1 Å². The molecule has 1 aromatic heterocycles. The van der Waals surface area contributed by atoms with Gasteiger partial charge in [-0.1, -0.05) is 57.9 Å². The Hall–Kier alpha value is -3.82. The molecule has 176 valence electrons. The number of benzene rings is 3. The fourth-order valence-corrected chi connectivity index (χ4v) is 3.83. The number of pyridine rings is 1. The summed E-state index contributed by atoms with van der Waals surface area (Å²) in [6, 6.07) is 19.9. The molecular weight excluding hydrogens is 538 g/mol. The van der Waals surface area contributed by atoms with E-state index in [1.165, 1.54) is 19.1 Å². The highest BCUT2D eigenvalue weighted by molar-refractivity contribution is 9.10. The first-order valence-electron chi connectivity index (χ1n) is 10.3. The Labute approximate surface area is 213 Å². The number of non-ortho nitro benzene ring substituents is 1. The van der Waals surface area contributed by atoms with Gasteiger partial charge in [-0.15, -0.1) is 0 Å². The van der Waals surface area contributed by atoms with E-state index in [0.717, 1.165) is 16.1 Å². The molecule has 1 atom stereocenters. The lowest BCUT2D eigenvalue weighted by atomic mass is 10.0. The molecule has 1 heterocycles. The van der Waals surface area contributed by atoms with E-state index < -0.39 is 22.9 Å². The molecule has 0 aliphatic rings. The minimum atomic E-state index is -1.17. The number of aromatic nitrogens is 1. The molecule has 0 fully saturated rings. The molecule has 0 radical (unpaired) electrons. The second-order valence-corrected chi connectivity index (χ2v) is 8.86. The summed E-state index contributed by atoms with van der Waals surface area (Å²) < 4.78 is 6.36. The number of fused-ring (bicyclic) bond motifs is 1. The topological polar surface area (TPSA) is 111 Å². The van der Waals surface area contributed by atoms with Crippen molar-refractivity contribution < 1.29 is 19.2 Å². The maximum absolute atomic E-state index is 13.1. The summed E-state index contributed by atoms with van der Waals surface area (Å²) in [6.07, 6.45) is -1.17. The Bertz CT molecular complexity index is 1460. The Kier molecular flexibility index (Phi) is 7.09. The van der Waals surface area contributed by atoms with Crippen LogP contribution in [0, 0.1) is 10.1 Å². The van der Waals surface area contributed by atoms with Crippen LogP contribution in [0.1, 0.15) is 17.3 Å². The van der Waals surface area contributed by atoms with Gasteiger partial charge in [-0.2, -0.15) is 0 Å². The molecule has 1 amide bonds. The van der Waals surface area contributed by atoms with E-state index in [-0.39, 0.29) is 22.0 Å². The van der Waals surface area contributed by atoms with Gasteiger partial charge in [0.2, 0.25) is 0 Å². The molecule has 35 heavy (non-hydrogen) atoms. The first kappa shape index (κ1) is 24.3. The second-order valence-electron chi connectivity index (χ2n) is 7.54. The van der Waals surface area contributed by atoms with Gasteiger partial charge in [0, 0.05) is 27.6 Å². The Morgan fingerprint density at radius 1 is 1.09 bits per heavy atom. The number of amides is 1. The van der Waals surface area contributed by atoms with Crippen LogP contribution in [0.3, 0.4) is 0 Å². The highest BCUT2D eigenvalue weighted by Crippen LogP contribution is 2.28. The second kappa shape index (κ2) is 10.2. The van der Waals surface area contributed by atoms with Crippen molar-refractivity contribution in [2.45, 2.75) is 13.0 Å². The average molecular weight is 555 g/mol. The summed E-state index contributed by atoms with van der Waals surface area (Å²) in [5.41, 5.74) is 2.22. The first-order valence-corrected chi connectivity index (χ1v) is 11.5. The molecule has 4 rings (SSSR count). The molecule has 0 bridgehead atoms. The van der Waals surface area contributed by atoms with Gasteiger partial charge in [0.05, 0.1) is 32.4 Å². The molecule has 0 saturated carbocycles. The molecule has 4 aromatic rings. The number of nitro benzene ring substituents is 1. The number of hydrogen-bond donors (Lipinski definition) is 1. The molecule has 0 aliphatic heterocycles. The lowest BCUT2D eigenvalue weighted by Crippen LogP contribution is -2.30. The van der Waals surface area contributed by atoms with Crippen LogP contribution in [0.25, 0.3) is 22.2 Å². The van der Waals surface area contributed by atoms with E-state index in [1.807, 2.05) is 30.3 Å². The maximum Gasteiger partial charge on any atom is 0.339 e. The summed E-state index contributed by atoms with van der Waals surface area (Å²) in [5.74, 6) is -1.33. The van der Waals surface area contributed by atoms with Crippen molar-refractivity contribution in [3.8, 4) is 11.3 Å². The van der Waals surface area contributed by atoms with Crippen molar-refractivity contribution in [1.29, 1.82) is 0 Å². The molecule has 10 heteroatoms. The van der Waals surface area contributed by atoms with Crippen LogP contribution >= 0.6 is 27.5 Å². The zero-order chi connectivity index (χ0) is 25.1. The smallest absolute Gasteiger partial charge is 0.339 e. The predicted molar refractivity (Wildman–Crippen MR) is 136 cm³/mol. The quantitative estimate of drug-likeness (QED) is 0.167. The third kappa shape index (κ3) is 5.47. The molecule has 0 aliphatic carbocycles. The maximum atomic E-state index is 13.1. The lowest BCUT2D eigenvalue weighted by molar-refractivity contribution is -0.384. The number of para-hydroxylation sites is 1. The number of carbonyl (C=O) groups is 2. The van der Waals surface area contributed by atoms with E-state index in [9.17, 15) is 19.7 Å². The number of halogens is 2. The van der Waals surface area contributed by atoms with Crippen LogP contribution in [0.15, 0.2) is 77.3 Å². The highest BCUT2D eigenvalue weighted by atomic mass is 79.9.